The number of esters is 2. The van der Waals surface area contributed by atoms with Crippen molar-refractivity contribution in [3.05, 3.63) is 34.2 Å². The molecular weight excluding hydrogens is 226 g/mol. The molecule has 0 aliphatic heterocycles. The third kappa shape index (κ3) is 2.87. The van der Waals surface area contributed by atoms with Gasteiger partial charge in [0.2, 0.25) is 0 Å². The van der Waals surface area contributed by atoms with Crippen molar-refractivity contribution >= 4 is 17.6 Å². The molecule has 90 valence electrons. The minimum atomic E-state index is -0.709. The van der Waals surface area contributed by atoms with Crippen LogP contribution in [0.25, 0.3) is 0 Å². The predicted octanol–water partition coefficient (Wildman–Crippen LogP) is 1.59. The standard InChI is InChI=1S/C11H11NO5/c1-16-9(13)6-7-4-3-5-8(12-15)10(7)11(14)17-2/h3-5H,6H2,1-2H3. The van der Waals surface area contributed by atoms with Gasteiger partial charge in [0.25, 0.3) is 0 Å². The number of benzene rings is 1. The van der Waals surface area contributed by atoms with Crippen LogP contribution >= 0.6 is 0 Å². The van der Waals surface area contributed by atoms with Crippen LogP contribution < -0.4 is 0 Å². The number of carbonyl (C=O) groups is 2. The third-order valence-electron chi connectivity index (χ3n) is 2.18. The quantitative estimate of drug-likeness (QED) is 0.586. The number of carbonyl (C=O) groups excluding carboxylic acids is 2. The van der Waals surface area contributed by atoms with Gasteiger partial charge in [-0.1, -0.05) is 12.1 Å². The maximum atomic E-state index is 11.5. The summed E-state index contributed by atoms with van der Waals surface area (Å²) in [5.41, 5.74) is 0.287. The zero-order valence-electron chi connectivity index (χ0n) is 9.43. The topological polar surface area (TPSA) is 82.0 Å². The van der Waals surface area contributed by atoms with Gasteiger partial charge in [0.15, 0.2) is 0 Å². The fraction of sp³-hybridized carbons (Fsp3) is 0.273. The fourth-order valence-corrected chi connectivity index (χ4v) is 1.38. The molecule has 0 radical (unpaired) electrons. The van der Waals surface area contributed by atoms with Gasteiger partial charge in [-0.3, -0.25) is 4.79 Å². The Morgan fingerprint density at radius 2 is 1.94 bits per heavy atom. The molecule has 0 spiro atoms. The smallest absolute Gasteiger partial charge is 0.340 e. The second kappa shape index (κ2) is 5.74. The lowest BCUT2D eigenvalue weighted by Crippen LogP contribution is -2.11. The molecule has 6 heteroatoms. The highest BCUT2D eigenvalue weighted by Crippen LogP contribution is 2.24. The first-order valence-electron chi connectivity index (χ1n) is 4.74. The molecule has 0 amide bonds. The van der Waals surface area contributed by atoms with E-state index in [4.69, 9.17) is 0 Å². The summed E-state index contributed by atoms with van der Waals surface area (Å²) in [7, 11) is 2.42. The Morgan fingerprint density at radius 3 is 2.47 bits per heavy atom. The van der Waals surface area contributed by atoms with Crippen LogP contribution in [0.1, 0.15) is 15.9 Å². The van der Waals surface area contributed by atoms with Gasteiger partial charge in [0, 0.05) is 0 Å². The van der Waals surface area contributed by atoms with Crippen LogP contribution in [-0.2, 0) is 20.7 Å². The number of hydrogen-bond donors (Lipinski definition) is 0. The van der Waals surface area contributed by atoms with Gasteiger partial charge in [0.1, 0.15) is 5.69 Å². The summed E-state index contributed by atoms with van der Waals surface area (Å²) >= 11 is 0. The Bertz CT molecular complexity index is 455. The van der Waals surface area contributed by atoms with E-state index in [1.54, 1.807) is 0 Å². The molecular formula is C11H11NO5. The van der Waals surface area contributed by atoms with Crippen LogP contribution in [-0.4, -0.2) is 26.2 Å². The third-order valence-corrected chi connectivity index (χ3v) is 2.18. The summed E-state index contributed by atoms with van der Waals surface area (Å²) in [6.07, 6.45) is -0.121. The summed E-state index contributed by atoms with van der Waals surface area (Å²) in [5.74, 6) is -1.22. The van der Waals surface area contributed by atoms with Gasteiger partial charge in [-0.2, -0.15) is 0 Å². The van der Waals surface area contributed by atoms with Crippen molar-refractivity contribution in [2.45, 2.75) is 6.42 Å². The zero-order valence-corrected chi connectivity index (χ0v) is 9.43. The second-order valence-electron chi connectivity index (χ2n) is 3.15. The molecule has 17 heavy (non-hydrogen) atoms. The maximum Gasteiger partial charge on any atom is 0.340 e. The Hall–Kier alpha value is -2.24. The minimum Gasteiger partial charge on any atom is -0.469 e. The molecule has 1 aromatic rings. The number of nitroso groups, excluding NO2 is 1. The normalized spacial score (nSPS) is 9.53. The van der Waals surface area contributed by atoms with E-state index >= 15 is 0 Å². The molecule has 0 bridgehead atoms. The number of hydrogen-bond acceptors (Lipinski definition) is 6. The number of ether oxygens (including phenoxy) is 2. The summed E-state index contributed by atoms with van der Waals surface area (Å²) in [6, 6.07) is 4.44. The van der Waals surface area contributed by atoms with Crippen LogP contribution in [0.15, 0.2) is 23.4 Å². The highest BCUT2D eigenvalue weighted by atomic mass is 16.5. The number of rotatable bonds is 4. The SMILES string of the molecule is COC(=O)Cc1cccc(N=O)c1C(=O)OC. The lowest BCUT2D eigenvalue weighted by Gasteiger charge is -2.08. The van der Waals surface area contributed by atoms with Crippen LogP contribution in [0.2, 0.25) is 0 Å². The van der Waals surface area contributed by atoms with E-state index in [0.29, 0.717) is 5.56 Å². The van der Waals surface area contributed by atoms with E-state index in [-0.39, 0.29) is 17.7 Å². The van der Waals surface area contributed by atoms with E-state index in [9.17, 15) is 14.5 Å². The average molecular weight is 237 g/mol. The Balaban J connectivity index is 3.23. The number of nitrogens with zero attached hydrogens (tertiary/aromatic N) is 1. The minimum absolute atomic E-state index is 0.00426. The predicted molar refractivity (Wildman–Crippen MR) is 59.0 cm³/mol. The van der Waals surface area contributed by atoms with Gasteiger partial charge in [0.05, 0.1) is 26.2 Å². The average Bonchev–Trinajstić information content (AvgIpc) is 2.37. The van der Waals surface area contributed by atoms with Crippen molar-refractivity contribution in [2.75, 3.05) is 14.2 Å². The van der Waals surface area contributed by atoms with Gasteiger partial charge < -0.3 is 9.47 Å². The maximum absolute atomic E-state index is 11.5. The Morgan fingerprint density at radius 1 is 1.24 bits per heavy atom. The molecule has 0 atom stereocenters. The molecule has 0 unspecified atom stereocenters. The zero-order chi connectivity index (χ0) is 12.8. The molecule has 0 N–H and O–H groups in total. The van der Waals surface area contributed by atoms with Crippen LogP contribution in [0.3, 0.4) is 0 Å². The summed E-state index contributed by atoms with van der Waals surface area (Å²) in [5, 5.41) is 2.73. The van der Waals surface area contributed by atoms with Gasteiger partial charge >= 0.3 is 11.9 Å². The van der Waals surface area contributed by atoms with Gasteiger partial charge in [-0.25, -0.2) is 4.79 Å². The highest BCUT2D eigenvalue weighted by Gasteiger charge is 2.19. The molecule has 0 saturated heterocycles. The molecule has 0 aliphatic rings. The van der Waals surface area contributed by atoms with E-state index in [0.717, 1.165) is 0 Å². The lowest BCUT2D eigenvalue weighted by atomic mass is 10.0. The van der Waals surface area contributed by atoms with E-state index in [2.05, 4.69) is 14.7 Å². The molecule has 0 heterocycles. The molecule has 0 aromatic heterocycles. The molecule has 1 aromatic carbocycles. The first-order chi connectivity index (χ1) is 8.13. The van der Waals surface area contributed by atoms with Gasteiger partial charge in [-0.05, 0) is 16.8 Å². The second-order valence-corrected chi connectivity index (χ2v) is 3.15. The summed E-state index contributed by atoms with van der Waals surface area (Å²) in [4.78, 5) is 33.3. The fourth-order valence-electron chi connectivity index (χ4n) is 1.38. The largest absolute Gasteiger partial charge is 0.469 e. The summed E-state index contributed by atoms with van der Waals surface area (Å²) in [6.45, 7) is 0. The van der Waals surface area contributed by atoms with Crippen molar-refractivity contribution in [1.29, 1.82) is 0 Å². The molecule has 0 aliphatic carbocycles. The summed E-state index contributed by atoms with van der Waals surface area (Å²) < 4.78 is 9.04. The Kier molecular flexibility index (Phi) is 4.33. The monoisotopic (exact) mass is 237 g/mol. The van der Waals surface area contributed by atoms with E-state index in [1.807, 2.05) is 0 Å². The van der Waals surface area contributed by atoms with Gasteiger partial charge in [-0.15, -0.1) is 4.91 Å². The van der Waals surface area contributed by atoms with E-state index in [1.165, 1.54) is 32.4 Å². The molecule has 0 fully saturated rings. The van der Waals surface area contributed by atoms with Crippen molar-refractivity contribution < 1.29 is 19.1 Å². The van der Waals surface area contributed by atoms with Crippen molar-refractivity contribution in [3.8, 4) is 0 Å². The van der Waals surface area contributed by atoms with Crippen LogP contribution in [0, 0.1) is 4.91 Å². The van der Waals surface area contributed by atoms with Crippen molar-refractivity contribution in [2.24, 2.45) is 5.18 Å². The molecule has 6 nitrogen and oxygen atoms in total. The van der Waals surface area contributed by atoms with E-state index < -0.39 is 11.9 Å². The Labute approximate surface area is 97.5 Å². The first-order valence-corrected chi connectivity index (χ1v) is 4.74. The first kappa shape index (κ1) is 12.8. The lowest BCUT2D eigenvalue weighted by molar-refractivity contribution is -0.139. The highest BCUT2D eigenvalue weighted by molar-refractivity contribution is 5.97. The van der Waals surface area contributed by atoms with Crippen LogP contribution in [0.5, 0.6) is 0 Å². The van der Waals surface area contributed by atoms with Crippen LogP contribution in [0.4, 0.5) is 5.69 Å². The molecule has 0 saturated carbocycles. The van der Waals surface area contributed by atoms with Crippen molar-refractivity contribution in [1.82, 2.24) is 0 Å². The number of methoxy groups -OCH3 is 2. The van der Waals surface area contributed by atoms with Crippen molar-refractivity contribution in [3.63, 3.8) is 0 Å². The molecule has 1 rings (SSSR count).